The lowest BCUT2D eigenvalue weighted by Gasteiger charge is -1.87. The van der Waals surface area contributed by atoms with Crippen LogP contribution in [0.5, 0.6) is 0 Å². The Morgan fingerprint density at radius 2 is 2.11 bits per heavy atom. The zero-order chi connectivity index (χ0) is 6.95. The second kappa shape index (κ2) is 8.09. The predicted molar refractivity (Wildman–Crippen MR) is 47.0 cm³/mol. The zero-order valence-corrected chi connectivity index (χ0v) is 7.21. The highest BCUT2D eigenvalue weighted by Crippen LogP contribution is 1.97. The van der Waals surface area contributed by atoms with Crippen molar-refractivity contribution in [1.29, 1.82) is 0 Å². The van der Waals surface area contributed by atoms with Gasteiger partial charge in [-0.05, 0) is 12.7 Å². The molecule has 1 heteroatoms. The molecule has 0 aromatic carbocycles. The van der Waals surface area contributed by atoms with Crippen LogP contribution in [0.1, 0.15) is 26.2 Å². The van der Waals surface area contributed by atoms with E-state index in [1.54, 1.807) is 0 Å². The van der Waals surface area contributed by atoms with Crippen molar-refractivity contribution in [2.75, 3.05) is 12.0 Å². The molecule has 9 heavy (non-hydrogen) atoms. The van der Waals surface area contributed by atoms with E-state index in [-0.39, 0.29) is 0 Å². The molecule has 54 valence electrons. The first-order chi connectivity index (χ1) is 4.41. The summed E-state index contributed by atoms with van der Waals surface area (Å²) >= 11 is 1.87. The van der Waals surface area contributed by atoms with Gasteiger partial charge in [-0.15, -0.1) is 0 Å². The molecule has 0 heterocycles. The fourth-order valence-electron chi connectivity index (χ4n) is 0.604. The number of rotatable bonds is 5. The molecule has 0 aliphatic carbocycles. The quantitative estimate of drug-likeness (QED) is 0.422. The zero-order valence-electron chi connectivity index (χ0n) is 6.39. The van der Waals surface area contributed by atoms with Gasteiger partial charge in [0.2, 0.25) is 0 Å². The van der Waals surface area contributed by atoms with E-state index < -0.39 is 0 Å². The maximum absolute atomic E-state index is 2.28. The summed E-state index contributed by atoms with van der Waals surface area (Å²) in [6, 6.07) is 0. The number of hydrogen-bond donors (Lipinski definition) is 0. The van der Waals surface area contributed by atoms with Gasteiger partial charge >= 0.3 is 0 Å². The highest BCUT2D eigenvalue weighted by atomic mass is 32.2. The maximum Gasteiger partial charge on any atom is 0.0110 e. The fraction of sp³-hybridized carbons (Fsp3) is 0.750. The molecule has 0 unspecified atom stereocenters. The van der Waals surface area contributed by atoms with E-state index in [1.807, 2.05) is 11.8 Å². The Labute approximate surface area is 62.7 Å². The van der Waals surface area contributed by atoms with Crippen LogP contribution in [-0.2, 0) is 0 Å². The van der Waals surface area contributed by atoms with Gasteiger partial charge in [-0.2, -0.15) is 11.8 Å². The van der Waals surface area contributed by atoms with Gasteiger partial charge in [0.05, 0.1) is 0 Å². The van der Waals surface area contributed by atoms with Crippen LogP contribution in [0.15, 0.2) is 12.2 Å². The topological polar surface area (TPSA) is 0 Å². The highest BCUT2D eigenvalue weighted by molar-refractivity contribution is 7.98. The molecule has 0 aromatic rings. The number of thioether (sulfide) groups is 1. The molecule has 0 saturated heterocycles. The minimum atomic E-state index is 1.17. The Bertz CT molecular complexity index is 67.0. The Morgan fingerprint density at radius 1 is 1.33 bits per heavy atom. The highest BCUT2D eigenvalue weighted by Gasteiger charge is 1.76. The van der Waals surface area contributed by atoms with E-state index >= 15 is 0 Å². The molecule has 0 atom stereocenters. The summed E-state index contributed by atoms with van der Waals surface area (Å²) in [5.41, 5.74) is 0. The molecule has 0 radical (unpaired) electrons. The third kappa shape index (κ3) is 8.09. The van der Waals surface area contributed by atoms with Crippen LogP contribution in [0.3, 0.4) is 0 Å². The van der Waals surface area contributed by atoms with Crippen molar-refractivity contribution in [3.8, 4) is 0 Å². The molecule has 0 spiro atoms. The standard InChI is InChI=1S/C8H16S/c1-3-4-5-6-7-8-9-2/h6-7H,3-5,8H2,1-2H3. The van der Waals surface area contributed by atoms with Crippen LogP contribution in [0.25, 0.3) is 0 Å². The molecular formula is C8H16S. The Morgan fingerprint density at radius 3 is 2.67 bits per heavy atom. The molecule has 0 aliphatic rings. The second-order valence-corrected chi connectivity index (χ2v) is 2.98. The average Bonchev–Trinajstić information content (AvgIpc) is 1.89. The average molecular weight is 144 g/mol. The van der Waals surface area contributed by atoms with Gasteiger partial charge in [0.25, 0.3) is 0 Å². The predicted octanol–water partition coefficient (Wildman–Crippen LogP) is 3.10. The maximum atomic E-state index is 2.28. The molecule has 0 amide bonds. The summed E-state index contributed by atoms with van der Waals surface area (Å²) in [4.78, 5) is 0. The van der Waals surface area contributed by atoms with E-state index in [4.69, 9.17) is 0 Å². The van der Waals surface area contributed by atoms with E-state index in [0.29, 0.717) is 0 Å². The second-order valence-electron chi connectivity index (χ2n) is 2.07. The summed E-state index contributed by atoms with van der Waals surface area (Å²) in [5.74, 6) is 1.17. The van der Waals surface area contributed by atoms with Gasteiger partial charge in [0.15, 0.2) is 0 Å². The lowest BCUT2D eigenvalue weighted by Crippen LogP contribution is -1.69. The molecular weight excluding hydrogens is 128 g/mol. The molecule has 0 rings (SSSR count). The third-order valence-corrected chi connectivity index (χ3v) is 1.68. The molecule has 0 aromatic heterocycles. The normalized spacial score (nSPS) is 10.9. The summed E-state index contributed by atoms with van der Waals surface area (Å²) in [6.45, 7) is 2.22. The smallest absolute Gasteiger partial charge is 0.0110 e. The minimum Gasteiger partial charge on any atom is -0.161 e. The minimum absolute atomic E-state index is 1.17. The van der Waals surface area contributed by atoms with E-state index in [2.05, 4.69) is 25.3 Å². The van der Waals surface area contributed by atoms with Crippen molar-refractivity contribution in [2.24, 2.45) is 0 Å². The first-order valence-electron chi connectivity index (χ1n) is 3.55. The van der Waals surface area contributed by atoms with Gasteiger partial charge in [-0.1, -0.05) is 31.9 Å². The van der Waals surface area contributed by atoms with Gasteiger partial charge in [0.1, 0.15) is 0 Å². The van der Waals surface area contributed by atoms with Crippen molar-refractivity contribution in [3.05, 3.63) is 12.2 Å². The van der Waals surface area contributed by atoms with Crippen LogP contribution >= 0.6 is 11.8 Å². The van der Waals surface area contributed by atoms with E-state index in [1.165, 1.54) is 25.0 Å². The van der Waals surface area contributed by atoms with E-state index in [0.717, 1.165) is 0 Å². The van der Waals surface area contributed by atoms with Gasteiger partial charge in [-0.25, -0.2) is 0 Å². The number of allylic oxidation sites excluding steroid dienone is 1. The molecule has 0 nitrogen and oxygen atoms in total. The molecule has 0 aliphatic heterocycles. The fourth-order valence-corrected chi connectivity index (χ4v) is 0.933. The molecule has 0 saturated carbocycles. The van der Waals surface area contributed by atoms with Gasteiger partial charge in [0, 0.05) is 5.75 Å². The van der Waals surface area contributed by atoms with Crippen molar-refractivity contribution >= 4 is 11.8 Å². The SMILES string of the molecule is CCCCC=CCSC. The Balaban J connectivity index is 2.86. The first-order valence-corrected chi connectivity index (χ1v) is 4.95. The molecule has 0 N–H and O–H groups in total. The number of unbranched alkanes of at least 4 members (excludes halogenated alkanes) is 2. The first kappa shape index (κ1) is 9.09. The molecule has 0 bridgehead atoms. The largest absolute Gasteiger partial charge is 0.161 e. The monoisotopic (exact) mass is 144 g/mol. The Hall–Kier alpha value is 0.0900. The van der Waals surface area contributed by atoms with E-state index in [9.17, 15) is 0 Å². The molecule has 0 fully saturated rings. The van der Waals surface area contributed by atoms with Crippen LogP contribution < -0.4 is 0 Å². The van der Waals surface area contributed by atoms with Crippen LogP contribution in [-0.4, -0.2) is 12.0 Å². The third-order valence-electron chi connectivity index (χ3n) is 1.15. The van der Waals surface area contributed by atoms with Crippen molar-refractivity contribution in [2.45, 2.75) is 26.2 Å². The summed E-state index contributed by atoms with van der Waals surface area (Å²) in [7, 11) is 0. The van der Waals surface area contributed by atoms with Crippen LogP contribution in [0.2, 0.25) is 0 Å². The Kier molecular flexibility index (Phi) is 8.17. The van der Waals surface area contributed by atoms with Gasteiger partial charge < -0.3 is 0 Å². The summed E-state index contributed by atoms with van der Waals surface area (Å²) in [5, 5.41) is 0. The number of hydrogen-bond acceptors (Lipinski definition) is 1. The lowest BCUT2D eigenvalue weighted by molar-refractivity contribution is 0.814. The lowest BCUT2D eigenvalue weighted by atomic mass is 10.2. The van der Waals surface area contributed by atoms with Gasteiger partial charge in [-0.3, -0.25) is 0 Å². The van der Waals surface area contributed by atoms with Crippen molar-refractivity contribution in [1.82, 2.24) is 0 Å². The summed E-state index contributed by atoms with van der Waals surface area (Å²) in [6.07, 6.45) is 10.6. The van der Waals surface area contributed by atoms with Crippen molar-refractivity contribution < 1.29 is 0 Å². The van der Waals surface area contributed by atoms with Crippen molar-refractivity contribution in [3.63, 3.8) is 0 Å². The van der Waals surface area contributed by atoms with Crippen LogP contribution in [0.4, 0.5) is 0 Å². The summed E-state index contributed by atoms with van der Waals surface area (Å²) < 4.78 is 0. The van der Waals surface area contributed by atoms with Crippen LogP contribution in [0, 0.1) is 0 Å².